The maximum absolute atomic E-state index is 6.08. The fraction of sp³-hybridized carbons (Fsp3) is 0.700. The van der Waals surface area contributed by atoms with E-state index >= 15 is 0 Å². The van der Waals surface area contributed by atoms with Crippen LogP contribution in [-0.2, 0) is 11.3 Å². The van der Waals surface area contributed by atoms with Crippen LogP contribution in [0.1, 0.15) is 25.6 Å². The first kappa shape index (κ1) is 12.0. The second-order valence-electron chi connectivity index (χ2n) is 3.38. The van der Waals surface area contributed by atoms with E-state index in [0.29, 0.717) is 5.75 Å². The molecular formula is C10H19N3O2. The summed E-state index contributed by atoms with van der Waals surface area (Å²) in [5.41, 5.74) is 6.96. The van der Waals surface area contributed by atoms with Gasteiger partial charge in [-0.15, -0.1) is 0 Å². The van der Waals surface area contributed by atoms with Crippen molar-refractivity contribution in [1.29, 1.82) is 0 Å². The molecule has 1 rings (SSSR count). The monoisotopic (exact) mass is 213 g/mol. The number of hydrogen-bond donors (Lipinski definition) is 1. The maximum Gasteiger partial charge on any atom is 0.161 e. The third-order valence-corrected chi connectivity index (χ3v) is 2.56. The third-order valence-electron chi connectivity index (χ3n) is 2.56. The molecule has 0 radical (unpaired) electrons. The zero-order valence-electron chi connectivity index (χ0n) is 9.73. The van der Waals surface area contributed by atoms with Gasteiger partial charge < -0.3 is 15.2 Å². The van der Waals surface area contributed by atoms with Crippen LogP contribution in [0.25, 0.3) is 0 Å². The fourth-order valence-corrected chi connectivity index (χ4v) is 1.49. The third kappa shape index (κ3) is 2.30. The number of aromatic nitrogens is 2. The Morgan fingerprint density at radius 2 is 2.20 bits per heavy atom. The first-order chi connectivity index (χ1) is 7.15. The molecule has 5 nitrogen and oxygen atoms in total. The fourth-order valence-electron chi connectivity index (χ4n) is 1.49. The first-order valence-electron chi connectivity index (χ1n) is 5.03. The molecule has 86 valence electrons. The zero-order valence-corrected chi connectivity index (χ0v) is 9.73. The molecule has 5 heteroatoms. The van der Waals surface area contributed by atoms with E-state index in [1.807, 2.05) is 18.5 Å². The molecule has 2 N–H and O–H groups in total. The van der Waals surface area contributed by atoms with Gasteiger partial charge in [0.2, 0.25) is 0 Å². The molecule has 0 bridgehead atoms. The summed E-state index contributed by atoms with van der Waals surface area (Å²) in [6, 6.07) is -0.229. The van der Waals surface area contributed by atoms with Gasteiger partial charge in [-0.3, -0.25) is 4.68 Å². The lowest BCUT2D eigenvalue weighted by atomic mass is 10.1. The van der Waals surface area contributed by atoms with E-state index in [1.54, 1.807) is 20.4 Å². The van der Waals surface area contributed by atoms with Gasteiger partial charge in [0, 0.05) is 13.7 Å². The number of aryl methyl sites for hydroxylation is 1. The van der Waals surface area contributed by atoms with Gasteiger partial charge in [0.05, 0.1) is 31.1 Å². The van der Waals surface area contributed by atoms with Crippen molar-refractivity contribution in [3.8, 4) is 5.75 Å². The molecule has 2 atom stereocenters. The van der Waals surface area contributed by atoms with Gasteiger partial charge in [-0.2, -0.15) is 5.10 Å². The molecule has 0 saturated heterocycles. The molecule has 1 heterocycles. The van der Waals surface area contributed by atoms with Crippen LogP contribution in [0, 0.1) is 0 Å². The van der Waals surface area contributed by atoms with Crippen molar-refractivity contribution in [2.45, 2.75) is 32.5 Å². The Morgan fingerprint density at radius 1 is 1.53 bits per heavy atom. The highest BCUT2D eigenvalue weighted by atomic mass is 16.5. The van der Waals surface area contributed by atoms with Crippen LogP contribution in [0.15, 0.2) is 6.20 Å². The minimum absolute atomic E-state index is 0.0686. The van der Waals surface area contributed by atoms with Gasteiger partial charge in [0.25, 0.3) is 0 Å². The predicted molar refractivity (Wildman–Crippen MR) is 57.9 cm³/mol. The van der Waals surface area contributed by atoms with Crippen molar-refractivity contribution >= 4 is 0 Å². The average Bonchev–Trinajstić information content (AvgIpc) is 2.69. The highest BCUT2D eigenvalue weighted by Crippen LogP contribution is 2.26. The van der Waals surface area contributed by atoms with E-state index in [-0.39, 0.29) is 12.1 Å². The minimum Gasteiger partial charge on any atom is -0.493 e. The average molecular weight is 213 g/mol. The summed E-state index contributed by atoms with van der Waals surface area (Å²) in [6.45, 7) is 4.71. The lowest BCUT2D eigenvalue weighted by Gasteiger charge is -2.20. The maximum atomic E-state index is 6.08. The van der Waals surface area contributed by atoms with Crippen LogP contribution < -0.4 is 10.5 Å². The Labute approximate surface area is 90.2 Å². The molecule has 0 saturated carbocycles. The highest BCUT2D eigenvalue weighted by molar-refractivity contribution is 5.28. The summed E-state index contributed by atoms with van der Waals surface area (Å²) in [4.78, 5) is 0. The van der Waals surface area contributed by atoms with Crippen LogP contribution in [-0.4, -0.2) is 30.1 Å². The molecule has 0 aliphatic carbocycles. The smallest absolute Gasteiger partial charge is 0.161 e. The predicted octanol–water partition coefficient (Wildman–Crippen LogP) is 0.946. The summed E-state index contributed by atoms with van der Waals surface area (Å²) in [5, 5.41) is 4.20. The molecular weight excluding hydrogens is 194 g/mol. The van der Waals surface area contributed by atoms with Crippen LogP contribution in [0.4, 0.5) is 0 Å². The van der Waals surface area contributed by atoms with E-state index in [0.717, 1.165) is 12.2 Å². The molecule has 0 aromatic carbocycles. The van der Waals surface area contributed by atoms with E-state index < -0.39 is 0 Å². The van der Waals surface area contributed by atoms with Gasteiger partial charge >= 0.3 is 0 Å². The first-order valence-corrected chi connectivity index (χ1v) is 5.03. The normalized spacial score (nSPS) is 15.0. The summed E-state index contributed by atoms with van der Waals surface area (Å²) < 4.78 is 12.3. The number of nitrogens with zero attached hydrogens (tertiary/aromatic N) is 2. The summed E-state index contributed by atoms with van der Waals surface area (Å²) >= 11 is 0. The lowest BCUT2D eigenvalue weighted by Crippen LogP contribution is -2.28. The molecule has 0 fully saturated rings. The van der Waals surface area contributed by atoms with E-state index in [2.05, 4.69) is 5.10 Å². The number of rotatable bonds is 5. The van der Waals surface area contributed by atoms with Crippen molar-refractivity contribution in [1.82, 2.24) is 9.78 Å². The number of methoxy groups -OCH3 is 2. The van der Waals surface area contributed by atoms with Gasteiger partial charge in [-0.25, -0.2) is 0 Å². The largest absolute Gasteiger partial charge is 0.493 e. The molecule has 2 unspecified atom stereocenters. The van der Waals surface area contributed by atoms with Crippen LogP contribution >= 0.6 is 0 Å². The number of hydrogen-bond acceptors (Lipinski definition) is 4. The number of ether oxygens (including phenoxy) is 2. The second kappa shape index (κ2) is 5.14. The van der Waals surface area contributed by atoms with Crippen molar-refractivity contribution in [3.63, 3.8) is 0 Å². The van der Waals surface area contributed by atoms with Crippen molar-refractivity contribution in [3.05, 3.63) is 11.9 Å². The van der Waals surface area contributed by atoms with Crippen molar-refractivity contribution < 1.29 is 9.47 Å². The molecule has 0 amide bonds. The Morgan fingerprint density at radius 3 is 2.67 bits per heavy atom. The molecule has 0 aliphatic rings. The summed E-state index contributed by atoms with van der Waals surface area (Å²) in [7, 11) is 3.26. The van der Waals surface area contributed by atoms with Gasteiger partial charge in [0.15, 0.2) is 5.75 Å². The van der Waals surface area contributed by atoms with Gasteiger partial charge in [-0.05, 0) is 13.8 Å². The topological polar surface area (TPSA) is 62.3 Å². The molecule has 1 aromatic heterocycles. The number of nitrogens with two attached hydrogens (primary N) is 1. The van der Waals surface area contributed by atoms with Crippen molar-refractivity contribution in [2.75, 3.05) is 14.2 Å². The Kier molecular flexibility index (Phi) is 4.11. The standard InChI is InChI=1S/C10H19N3O2/c1-5-13-10(8(15-4)6-12-13)9(11)7(2)14-3/h6-7,9H,5,11H2,1-4H3. The van der Waals surface area contributed by atoms with Crippen LogP contribution in [0.5, 0.6) is 5.75 Å². The highest BCUT2D eigenvalue weighted by Gasteiger charge is 2.22. The van der Waals surface area contributed by atoms with Crippen molar-refractivity contribution in [2.24, 2.45) is 5.73 Å². The van der Waals surface area contributed by atoms with Crippen LogP contribution in [0.3, 0.4) is 0 Å². The molecule has 1 aromatic rings. The molecule has 15 heavy (non-hydrogen) atoms. The van der Waals surface area contributed by atoms with E-state index in [9.17, 15) is 0 Å². The van der Waals surface area contributed by atoms with Crippen LogP contribution in [0.2, 0.25) is 0 Å². The summed E-state index contributed by atoms with van der Waals surface area (Å²) in [6.07, 6.45) is 1.61. The van der Waals surface area contributed by atoms with E-state index in [1.165, 1.54) is 0 Å². The van der Waals surface area contributed by atoms with Gasteiger partial charge in [-0.1, -0.05) is 0 Å². The molecule has 0 aliphatic heterocycles. The quantitative estimate of drug-likeness (QED) is 0.791. The Hall–Kier alpha value is -1.07. The summed E-state index contributed by atoms with van der Waals surface area (Å²) in [5.74, 6) is 0.716. The SMILES string of the molecule is CCn1ncc(OC)c1C(N)C(C)OC. The lowest BCUT2D eigenvalue weighted by molar-refractivity contribution is 0.0921. The second-order valence-corrected chi connectivity index (χ2v) is 3.38. The Balaban J connectivity index is 3.03. The molecule has 0 spiro atoms. The van der Waals surface area contributed by atoms with Gasteiger partial charge in [0.1, 0.15) is 0 Å². The zero-order chi connectivity index (χ0) is 11.4. The van der Waals surface area contributed by atoms with E-state index in [4.69, 9.17) is 15.2 Å². The Bertz CT molecular complexity index is 290. The minimum atomic E-state index is -0.229.